The summed E-state index contributed by atoms with van der Waals surface area (Å²) >= 11 is 6.22. The topological polar surface area (TPSA) is 50.4 Å². The summed E-state index contributed by atoms with van der Waals surface area (Å²) in [6.07, 6.45) is 0.334. The Morgan fingerprint density at radius 2 is 1.88 bits per heavy atom. The Bertz CT molecular complexity index is 721. The number of nitrogens with one attached hydrogen (secondary N) is 2. The second kappa shape index (κ2) is 8.06. The van der Waals surface area contributed by atoms with Crippen molar-refractivity contribution in [1.82, 2.24) is 0 Å². The number of carbonyl (C=O) groups excluding carboxylic acids is 1. The van der Waals surface area contributed by atoms with Crippen molar-refractivity contribution in [1.29, 1.82) is 0 Å². The number of ether oxygens (including phenoxy) is 1. The minimum absolute atomic E-state index is 0.0806. The fourth-order valence-corrected chi connectivity index (χ4v) is 2.92. The van der Waals surface area contributed by atoms with E-state index in [1.54, 1.807) is 7.11 Å². The van der Waals surface area contributed by atoms with Crippen molar-refractivity contribution in [3.63, 3.8) is 0 Å². The van der Waals surface area contributed by atoms with E-state index in [9.17, 15) is 4.79 Å². The van der Waals surface area contributed by atoms with Crippen molar-refractivity contribution in [2.75, 3.05) is 24.3 Å². The van der Waals surface area contributed by atoms with E-state index in [1.165, 1.54) is 0 Å². The SMILES string of the molecule is COc1ccc(C)cc1NCCC(=O)Nc1c(C)cc(C)cc1Cl. The Morgan fingerprint density at radius 1 is 1.12 bits per heavy atom. The Kier molecular flexibility index (Phi) is 6.10. The number of hydrogen-bond donors (Lipinski definition) is 2. The summed E-state index contributed by atoms with van der Waals surface area (Å²) in [7, 11) is 1.63. The van der Waals surface area contributed by atoms with Crippen molar-refractivity contribution in [2.45, 2.75) is 27.2 Å². The van der Waals surface area contributed by atoms with Crippen LogP contribution in [0, 0.1) is 20.8 Å². The van der Waals surface area contributed by atoms with Gasteiger partial charge in [0.1, 0.15) is 5.75 Å². The first-order valence-electron chi connectivity index (χ1n) is 7.86. The quantitative estimate of drug-likeness (QED) is 0.796. The van der Waals surface area contributed by atoms with Gasteiger partial charge in [0.2, 0.25) is 5.91 Å². The lowest BCUT2D eigenvalue weighted by atomic mass is 10.1. The minimum Gasteiger partial charge on any atom is -0.495 e. The number of methoxy groups -OCH3 is 1. The molecule has 2 N–H and O–H groups in total. The van der Waals surface area contributed by atoms with E-state index in [4.69, 9.17) is 16.3 Å². The highest BCUT2D eigenvalue weighted by Crippen LogP contribution is 2.28. The molecule has 4 nitrogen and oxygen atoms in total. The van der Waals surface area contributed by atoms with Gasteiger partial charge < -0.3 is 15.4 Å². The van der Waals surface area contributed by atoms with Crippen LogP contribution in [0.1, 0.15) is 23.1 Å². The zero-order valence-corrected chi connectivity index (χ0v) is 15.3. The number of anilines is 2. The zero-order chi connectivity index (χ0) is 17.7. The molecule has 2 aromatic rings. The summed E-state index contributed by atoms with van der Waals surface area (Å²) in [4.78, 5) is 12.2. The first-order chi connectivity index (χ1) is 11.4. The Labute approximate surface area is 148 Å². The number of rotatable bonds is 6. The molecule has 2 rings (SSSR count). The van der Waals surface area contributed by atoms with Gasteiger partial charge in [-0.2, -0.15) is 0 Å². The molecule has 0 spiro atoms. The number of benzene rings is 2. The molecule has 0 atom stereocenters. The van der Waals surface area contributed by atoms with Crippen LogP contribution in [-0.2, 0) is 4.79 Å². The van der Waals surface area contributed by atoms with E-state index in [0.29, 0.717) is 23.7 Å². The van der Waals surface area contributed by atoms with Crippen LogP contribution in [0.3, 0.4) is 0 Å². The predicted molar refractivity (Wildman–Crippen MR) is 100 cm³/mol. The van der Waals surface area contributed by atoms with E-state index in [0.717, 1.165) is 28.1 Å². The summed E-state index contributed by atoms with van der Waals surface area (Å²) < 4.78 is 5.32. The Balaban J connectivity index is 1.94. The van der Waals surface area contributed by atoms with E-state index >= 15 is 0 Å². The van der Waals surface area contributed by atoms with E-state index in [2.05, 4.69) is 10.6 Å². The molecule has 0 unspecified atom stereocenters. The maximum Gasteiger partial charge on any atom is 0.226 e. The molecule has 0 aromatic heterocycles. The summed E-state index contributed by atoms with van der Waals surface area (Å²) in [5.41, 5.74) is 4.73. The van der Waals surface area contributed by atoms with Gasteiger partial charge in [-0.3, -0.25) is 4.79 Å². The van der Waals surface area contributed by atoms with Crippen LogP contribution in [0.15, 0.2) is 30.3 Å². The molecule has 0 aliphatic rings. The molecule has 0 bridgehead atoms. The molecule has 128 valence electrons. The smallest absolute Gasteiger partial charge is 0.226 e. The molecule has 0 fully saturated rings. The van der Waals surface area contributed by atoms with Gasteiger partial charge in [0.25, 0.3) is 0 Å². The predicted octanol–water partition coefficient (Wildman–Crippen LogP) is 4.71. The Hall–Kier alpha value is -2.20. The van der Waals surface area contributed by atoms with Gasteiger partial charge in [0.15, 0.2) is 0 Å². The molecule has 5 heteroatoms. The second-order valence-electron chi connectivity index (χ2n) is 5.87. The fourth-order valence-electron chi connectivity index (χ4n) is 2.55. The fraction of sp³-hybridized carbons (Fsp3) is 0.316. The molecule has 0 saturated carbocycles. The van der Waals surface area contributed by atoms with Crippen LogP contribution in [0.5, 0.6) is 5.75 Å². The number of halogens is 1. The molecule has 1 amide bonds. The molecule has 0 heterocycles. The monoisotopic (exact) mass is 346 g/mol. The highest BCUT2D eigenvalue weighted by atomic mass is 35.5. The first-order valence-corrected chi connectivity index (χ1v) is 8.23. The summed E-state index contributed by atoms with van der Waals surface area (Å²) in [6, 6.07) is 9.74. The average Bonchev–Trinajstić information content (AvgIpc) is 2.51. The van der Waals surface area contributed by atoms with Crippen LogP contribution in [0.4, 0.5) is 11.4 Å². The third-order valence-electron chi connectivity index (χ3n) is 3.72. The maximum atomic E-state index is 12.2. The van der Waals surface area contributed by atoms with Gasteiger partial charge in [-0.15, -0.1) is 0 Å². The van der Waals surface area contributed by atoms with E-state index in [-0.39, 0.29) is 5.91 Å². The first kappa shape index (κ1) is 18.1. The third kappa shape index (κ3) is 4.65. The standard InChI is InChI=1S/C19H23ClN2O2/c1-12-5-6-17(24-4)16(11-12)21-8-7-18(23)22-19-14(3)9-13(2)10-15(19)20/h5-6,9-11,21H,7-8H2,1-4H3,(H,22,23). The van der Waals surface area contributed by atoms with Gasteiger partial charge in [-0.25, -0.2) is 0 Å². The molecule has 24 heavy (non-hydrogen) atoms. The van der Waals surface area contributed by atoms with Gasteiger partial charge in [-0.05, 0) is 55.7 Å². The molecule has 0 aliphatic carbocycles. The summed E-state index contributed by atoms with van der Waals surface area (Å²) in [5, 5.41) is 6.70. The normalized spacial score (nSPS) is 10.4. The van der Waals surface area contributed by atoms with E-state index < -0.39 is 0 Å². The highest BCUT2D eigenvalue weighted by molar-refractivity contribution is 6.34. The van der Waals surface area contributed by atoms with Crippen LogP contribution >= 0.6 is 11.6 Å². The van der Waals surface area contributed by atoms with E-state index in [1.807, 2.05) is 51.1 Å². The van der Waals surface area contributed by atoms with Crippen LogP contribution < -0.4 is 15.4 Å². The molecule has 0 aliphatic heterocycles. The van der Waals surface area contributed by atoms with Gasteiger partial charge in [0.05, 0.1) is 23.5 Å². The minimum atomic E-state index is -0.0806. The Morgan fingerprint density at radius 3 is 2.54 bits per heavy atom. The average molecular weight is 347 g/mol. The van der Waals surface area contributed by atoms with Crippen LogP contribution in [0.25, 0.3) is 0 Å². The summed E-state index contributed by atoms with van der Waals surface area (Å²) in [5.74, 6) is 0.682. The highest BCUT2D eigenvalue weighted by Gasteiger charge is 2.10. The number of aryl methyl sites for hydroxylation is 3. The van der Waals surface area contributed by atoms with Crippen molar-refractivity contribution in [3.05, 3.63) is 52.0 Å². The number of hydrogen-bond acceptors (Lipinski definition) is 3. The lowest BCUT2D eigenvalue weighted by Gasteiger charge is -2.13. The maximum absolute atomic E-state index is 12.2. The van der Waals surface area contributed by atoms with Gasteiger partial charge >= 0.3 is 0 Å². The number of carbonyl (C=O) groups is 1. The summed E-state index contributed by atoms with van der Waals surface area (Å²) in [6.45, 7) is 6.43. The molecular formula is C19H23ClN2O2. The van der Waals surface area contributed by atoms with Crippen molar-refractivity contribution in [3.8, 4) is 5.75 Å². The second-order valence-corrected chi connectivity index (χ2v) is 6.27. The molecular weight excluding hydrogens is 324 g/mol. The van der Waals surface area contributed by atoms with Crippen molar-refractivity contribution in [2.24, 2.45) is 0 Å². The third-order valence-corrected chi connectivity index (χ3v) is 4.02. The molecule has 0 radical (unpaired) electrons. The lowest BCUT2D eigenvalue weighted by molar-refractivity contribution is -0.115. The lowest BCUT2D eigenvalue weighted by Crippen LogP contribution is -2.17. The van der Waals surface area contributed by atoms with Gasteiger partial charge in [-0.1, -0.05) is 23.7 Å². The number of amides is 1. The largest absolute Gasteiger partial charge is 0.495 e. The molecule has 0 saturated heterocycles. The zero-order valence-electron chi connectivity index (χ0n) is 14.5. The van der Waals surface area contributed by atoms with Crippen LogP contribution in [0.2, 0.25) is 5.02 Å². The van der Waals surface area contributed by atoms with Crippen LogP contribution in [-0.4, -0.2) is 19.6 Å². The van der Waals surface area contributed by atoms with Crippen molar-refractivity contribution < 1.29 is 9.53 Å². The van der Waals surface area contributed by atoms with Gasteiger partial charge in [0, 0.05) is 13.0 Å². The molecule has 2 aromatic carbocycles. The van der Waals surface area contributed by atoms with Crippen molar-refractivity contribution >= 4 is 28.9 Å².